The van der Waals surface area contributed by atoms with Gasteiger partial charge in [-0.05, 0) is 37.5 Å². The lowest BCUT2D eigenvalue weighted by Crippen LogP contribution is -2.47. The molecule has 3 heteroatoms. The summed E-state index contributed by atoms with van der Waals surface area (Å²) in [5, 5.41) is 0. The summed E-state index contributed by atoms with van der Waals surface area (Å²) >= 11 is 0. The highest BCUT2D eigenvalue weighted by atomic mass is 16.2. The molecule has 1 rings (SSSR count). The Labute approximate surface area is 110 Å². The van der Waals surface area contributed by atoms with Crippen LogP contribution in [-0.2, 0) is 4.79 Å². The largest absolute Gasteiger partial charge is 0.320 e. The second kappa shape index (κ2) is 6.55. The fourth-order valence-electron chi connectivity index (χ4n) is 1.94. The van der Waals surface area contributed by atoms with Gasteiger partial charge in [0.05, 0.1) is 6.04 Å². The zero-order chi connectivity index (χ0) is 13.7. The van der Waals surface area contributed by atoms with E-state index < -0.39 is 6.04 Å². The predicted octanol–water partition coefficient (Wildman–Crippen LogP) is 2.72. The Morgan fingerprint density at radius 1 is 1.39 bits per heavy atom. The number of hydrogen-bond donors (Lipinski definition) is 1. The summed E-state index contributed by atoms with van der Waals surface area (Å²) in [6.07, 6.45) is 0.915. The Morgan fingerprint density at radius 2 is 2.06 bits per heavy atom. The van der Waals surface area contributed by atoms with Crippen LogP contribution in [0.3, 0.4) is 0 Å². The van der Waals surface area contributed by atoms with Crippen molar-refractivity contribution >= 4 is 11.6 Å². The second-order valence-electron chi connectivity index (χ2n) is 4.83. The van der Waals surface area contributed by atoms with E-state index in [1.165, 1.54) is 0 Å². The van der Waals surface area contributed by atoms with Gasteiger partial charge in [-0.25, -0.2) is 0 Å². The molecule has 2 N–H and O–H groups in total. The third-order valence-corrected chi connectivity index (χ3v) is 3.44. The Kier molecular flexibility index (Phi) is 5.35. The Bertz CT molecular complexity index is 403. The van der Waals surface area contributed by atoms with E-state index in [9.17, 15) is 4.79 Å². The number of carbonyl (C=O) groups excluding carboxylic acids is 1. The van der Waals surface area contributed by atoms with Crippen molar-refractivity contribution in [2.75, 3.05) is 11.4 Å². The van der Waals surface area contributed by atoms with Crippen LogP contribution in [0.5, 0.6) is 0 Å². The summed E-state index contributed by atoms with van der Waals surface area (Å²) in [6.45, 7) is 8.72. The van der Waals surface area contributed by atoms with Gasteiger partial charge in [-0.15, -0.1) is 0 Å². The van der Waals surface area contributed by atoms with Crippen LogP contribution >= 0.6 is 0 Å². The van der Waals surface area contributed by atoms with Crippen LogP contribution in [-0.4, -0.2) is 18.5 Å². The van der Waals surface area contributed by atoms with Gasteiger partial charge in [-0.1, -0.05) is 32.4 Å². The van der Waals surface area contributed by atoms with Crippen LogP contribution in [0.4, 0.5) is 5.69 Å². The molecule has 0 aliphatic heterocycles. The first-order valence-electron chi connectivity index (χ1n) is 6.64. The van der Waals surface area contributed by atoms with Gasteiger partial charge in [0.25, 0.3) is 0 Å². The van der Waals surface area contributed by atoms with Gasteiger partial charge in [0.15, 0.2) is 0 Å². The molecule has 1 aromatic carbocycles. The van der Waals surface area contributed by atoms with Crippen molar-refractivity contribution in [2.24, 2.45) is 11.7 Å². The molecule has 0 fully saturated rings. The predicted molar refractivity (Wildman–Crippen MR) is 76.6 cm³/mol. The Morgan fingerprint density at radius 3 is 2.56 bits per heavy atom. The van der Waals surface area contributed by atoms with Crippen LogP contribution in [0, 0.1) is 12.8 Å². The molecule has 0 bridgehead atoms. The monoisotopic (exact) mass is 248 g/mol. The number of likely N-dealkylation sites (N-methyl/N-ethyl adjacent to an activating group) is 1. The fraction of sp³-hybridized carbons (Fsp3) is 0.533. The smallest absolute Gasteiger partial charge is 0.244 e. The highest BCUT2D eigenvalue weighted by molar-refractivity contribution is 5.97. The zero-order valence-electron chi connectivity index (χ0n) is 11.8. The Balaban J connectivity index is 2.93. The summed E-state index contributed by atoms with van der Waals surface area (Å²) in [5.74, 6) is 0.216. The van der Waals surface area contributed by atoms with Crippen LogP contribution in [0.25, 0.3) is 0 Å². The maximum atomic E-state index is 12.4. The lowest BCUT2D eigenvalue weighted by Gasteiger charge is -2.27. The number of rotatable bonds is 5. The van der Waals surface area contributed by atoms with Crippen molar-refractivity contribution in [3.63, 3.8) is 0 Å². The minimum Gasteiger partial charge on any atom is -0.320 e. The number of carbonyl (C=O) groups is 1. The highest BCUT2D eigenvalue weighted by Crippen LogP contribution is 2.18. The molecule has 1 aromatic rings. The highest BCUT2D eigenvalue weighted by Gasteiger charge is 2.24. The first kappa shape index (κ1) is 14.7. The average Bonchev–Trinajstić information content (AvgIpc) is 2.37. The summed E-state index contributed by atoms with van der Waals surface area (Å²) in [5.41, 5.74) is 8.11. The number of aryl methyl sites for hydroxylation is 1. The zero-order valence-corrected chi connectivity index (χ0v) is 11.8. The van der Waals surface area contributed by atoms with E-state index in [2.05, 4.69) is 6.92 Å². The van der Waals surface area contributed by atoms with Crippen molar-refractivity contribution in [3.05, 3.63) is 29.8 Å². The van der Waals surface area contributed by atoms with Crippen LogP contribution < -0.4 is 10.6 Å². The molecule has 3 nitrogen and oxygen atoms in total. The van der Waals surface area contributed by atoms with E-state index in [0.717, 1.165) is 17.7 Å². The lowest BCUT2D eigenvalue weighted by molar-refractivity contribution is -0.120. The maximum Gasteiger partial charge on any atom is 0.244 e. The van der Waals surface area contributed by atoms with Crippen molar-refractivity contribution < 1.29 is 4.79 Å². The van der Waals surface area contributed by atoms with E-state index in [1.807, 2.05) is 45.0 Å². The summed E-state index contributed by atoms with van der Waals surface area (Å²) in [4.78, 5) is 14.2. The minimum absolute atomic E-state index is 0.0115. The molecule has 0 heterocycles. The molecule has 0 aromatic heterocycles. The van der Waals surface area contributed by atoms with E-state index in [-0.39, 0.29) is 11.8 Å². The van der Waals surface area contributed by atoms with Gasteiger partial charge in [0.1, 0.15) is 0 Å². The van der Waals surface area contributed by atoms with Gasteiger partial charge in [0, 0.05) is 12.2 Å². The average molecular weight is 248 g/mol. The number of benzene rings is 1. The number of hydrogen-bond acceptors (Lipinski definition) is 2. The molecule has 18 heavy (non-hydrogen) atoms. The van der Waals surface area contributed by atoms with Crippen LogP contribution in [0.2, 0.25) is 0 Å². The molecule has 100 valence electrons. The third kappa shape index (κ3) is 3.33. The van der Waals surface area contributed by atoms with Gasteiger partial charge >= 0.3 is 0 Å². The standard InChI is InChI=1S/C15H24N2O/c1-5-12(4)14(16)15(18)17(6-2)13-9-7-8-11(3)10-13/h7-10,12,14H,5-6,16H2,1-4H3. The topological polar surface area (TPSA) is 46.3 Å². The molecule has 0 aliphatic rings. The number of anilines is 1. The Hall–Kier alpha value is -1.35. The minimum atomic E-state index is -0.421. The first-order valence-corrected chi connectivity index (χ1v) is 6.64. The molecular weight excluding hydrogens is 224 g/mol. The van der Waals surface area contributed by atoms with E-state index in [4.69, 9.17) is 5.73 Å². The van der Waals surface area contributed by atoms with Gasteiger partial charge < -0.3 is 10.6 Å². The van der Waals surface area contributed by atoms with E-state index in [0.29, 0.717) is 6.54 Å². The molecule has 0 radical (unpaired) electrons. The SMILES string of the molecule is CCC(C)C(N)C(=O)N(CC)c1cccc(C)c1. The third-order valence-electron chi connectivity index (χ3n) is 3.44. The first-order chi connectivity index (χ1) is 8.51. The van der Waals surface area contributed by atoms with Crippen molar-refractivity contribution in [1.82, 2.24) is 0 Å². The summed E-state index contributed by atoms with van der Waals surface area (Å²) in [7, 11) is 0. The van der Waals surface area contributed by atoms with Crippen molar-refractivity contribution in [2.45, 2.75) is 40.2 Å². The number of nitrogens with zero attached hydrogens (tertiary/aromatic N) is 1. The van der Waals surface area contributed by atoms with Crippen molar-refractivity contribution in [1.29, 1.82) is 0 Å². The van der Waals surface area contributed by atoms with Crippen LogP contribution in [0.1, 0.15) is 32.8 Å². The molecule has 0 spiro atoms. The molecule has 1 amide bonds. The molecule has 0 saturated carbocycles. The van der Waals surface area contributed by atoms with E-state index in [1.54, 1.807) is 4.90 Å². The number of nitrogens with two attached hydrogens (primary N) is 1. The fourth-order valence-corrected chi connectivity index (χ4v) is 1.94. The van der Waals surface area contributed by atoms with Crippen molar-refractivity contribution in [3.8, 4) is 0 Å². The van der Waals surface area contributed by atoms with Gasteiger partial charge in [0.2, 0.25) is 5.91 Å². The van der Waals surface area contributed by atoms with Gasteiger partial charge in [-0.3, -0.25) is 4.79 Å². The quantitative estimate of drug-likeness (QED) is 0.871. The van der Waals surface area contributed by atoms with Crippen LogP contribution in [0.15, 0.2) is 24.3 Å². The summed E-state index contributed by atoms with van der Waals surface area (Å²) < 4.78 is 0. The molecular formula is C15H24N2O. The second-order valence-corrected chi connectivity index (χ2v) is 4.83. The molecule has 2 unspecified atom stereocenters. The lowest BCUT2D eigenvalue weighted by atomic mass is 9.98. The van der Waals surface area contributed by atoms with E-state index >= 15 is 0 Å². The number of amides is 1. The molecule has 0 aliphatic carbocycles. The molecule has 0 saturated heterocycles. The van der Waals surface area contributed by atoms with Gasteiger partial charge in [-0.2, -0.15) is 0 Å². The molecule has 2 atom stereocenters. The summed E-state index contributed by atoms with van der Waals surface area (Å²) in [6, 6.07) is 7.55. The maximum absolute atomic E-state index is 12.4. The normalized spacial score (nSPS) is 14.1.